The maximum atomic E-state index is 13.0. The Bertz CT molecular complexity index is 1060. The number of likely N-dealkylation sites (tertiary alicyclic amines) is 1. The highest BCUT2D eigenvalue weighted by Crippen LogP contribution is 2.40. The van der Waals surface area contributed by atoms with Gasteiger partial charge in [0.2, 0.25) is 0 Å². The number of carbonyl (C=O) groups is 1. The number of anilines is 1. The lowest BCUT2D eigenvalue weighted by Gasteiger charge is -2.45. The van der Waals surface area contributed by atoms with Gasteiger partial charge < -0.3 is 14.6 Å². The number of benzene rings is 2. The summed E-state index contributed by atoms with van der Waals surface area (Å²) in [7, 11) is 0. The number of hydrogen-bond acceptors (Lipinski definition) is 4. The van der Waals surface area contributed by atoms with E-state index in [-0.39, 0.29) is 5.91 Å². The number of nitrogens with zero attached hydrogens (tertiary/aromatic N) is 3. The van der Waals surface area contributed by atoms with Crippen LogP contribution in [-0.4, -0.2) is 39.6 Å². The molecule has 0 radical (unpaired) electrons. The summed E-state index contributed by atoms with van der Waals surface area (Å²) in [6.45, 7) is 3.06. The Morgan fingerprint density at radius 3 is 2.74 bits per heavy atom. The molecule has 6 nitrogen and oxygen atoms in total. The zero-order valence-corrected chi connectivity index (χ0v) is 18.0. The monoisotopic (exact) mass is 436 g/mol. The van der Waals surface area contributed by atoms with Gasteiger partial charge in [0.05, 0.1) is 6.54 Å². The molecule has 2 aromatic carbocycles. The van der Waals surface area contributed by atoms with E-state index in [1.165, 1.54) is 5.56 Å². The summed E-state index contributed by atoms with van der Waals surface area (Å²) in [6.07, 6.45) is 4.78. The van der Waals surface area contributed by atoms with E-state index in [0.717, 1.165) is 49.0 Å². The summed E-state index contributed by atoms with van der Waals surface area (Å²) in [5, 5.41) is 3.74. The molecule has 3 heterocycles. The topological polar surface area (TPSA) is 59.4 Å². The summed E-state index contributed by atoms with van der Waals surface area (Å²) >= 11 is 6.14. The summed E-state index contributed by atoms with van der Waals surface area (Å²) < 4.78 is 8.58. The number of piperidine rings is 1. The smallest absolute Gasteiger partial charge is 0.255 e. The van der Waals surface area contributed by atoms with Gasteiger partial charge >= 0.3 is 0 Å². The van der Waals surface area contributed by atoms with Gasteiger partial charge in [-0.1, -0.05) is 41.9 Å². The first kappa shape index (κ1) is 20.2. The Kier molecular flexibility index (Phi) is 5.52. The molecule has 1 unspecified atom stereocenters. The van der Waals surface area contributed by atoms with Gasteiger partial charge in [-0.05, 0) is 42.7 Å². The number of para-hydroxylation sites is 1. The summed E-state index contributed by atoms with van der Waals surface area (Å²) in [5.41, 5.74) is 1.44. The average Bonchev–Trinajstić information content (AvgIpc) is 3.26. The van der Waals surface area contributed by atoms with Gasteiger partial charge in [-0.2, -0.15) is 0 Å². The van der Waals surface area contributed by atoms with E-state index in [2.05, 4.69) is 25.8 Å². The van der Waals surface area contributed by atoms with Crippen LogP contribution in [0.3, 0.4) is 0 Å². The fourth-order valence-electron chi connectivity index (χ4n) is 4.58. The highest BCUT2D eigenvalue weighted by Gasteiger charge is 2.47. The third kappa shape index (κ3) is 4.24. The standard InChI is InChI=1S/C24H25ClN4O2/c25-19-6-4-5-18(15-19)16-28-12-9-24(10-13-28)23-26-11-14-29(23)17-21(31-24)22(30)27-20-7-2-1-3-8-20/h1-8,11,14-15,21H,9-10,12-13,16-17H2,(H,27,30). The molecule has 3 aromatic rings. The van der Waals surface area contributed by atoms with Gasteiger partial charge in [-0.15, -0.1) is 0 Å². The minimum absolute atomic E-state index is 0.119. The molecule has 1 amide bonds. The molecule has 1 N–H and O–H groups in total. The van der Waals surface area contributed by atoms with Crippen molar-refractivity contribution in [3.8, 4) is 0 Å². The van der Waals surface area contributed by atoms with E-state index < -0.39 is 11.7 Å². The molecule has 160 valence electrons. The molecule has 0 aliphatic carbocycles. The molecule has 2 aliphatic rings. The number of halogens is 1. The Labute approximate surface area is 186 Å². The lowest BCUT2D eigenvalue weighted by Crippen LogP contribution is -2.53. The second-order valence-electron chi connectivity index (χ2n) is 8.27. The maximum Gasteiger partial charge on any atom is 0.255 e. The molecule has 1 spiro atoms. The molecule has 1 atom stereocenters. The van der Waals surface area contributed by atoms with Crippen LogP contribution in [0.15, 0.2) is 67.0 Å². The number of imidazole rings is 1. The number of ether oxygens (including phenoxy) is 1. The van der Waals surface area contributed by atoms with E-state index in [4.69, 9.17) is 16.3 Å². The Hall–Kier alpha value is -2.67. The zero-order valence-electron chi connectivity index (χ0n) is 17.2. The van der Waals surface area contributed by atoms with Gasteiger partial charge in [-0.3, -0.25) is 9.69 Å². The van der Waals surface area contributed by atoms with Crippen LogP contribution in [0.2, 0.25) is 5.02 Å². The van der Waals surface area contributed by atoms with Gasteiger partial charge in [0.25, 0.3) is 5.91 Å². The van der Waals surface area contributed by atoms with Crippen molar-refractivity contribution in [3.05, 3.63) is 83.4 Å². The van der Waals surface area contributed by atoms with E-state index in [9.17, 15) is 4.79 Å². The van der Waals surface area contributed by atoms with Crippen molar-refractivity contribution in [1.82, 2.24) is 14.5 Å². The summed E-state index contributed by atoms with van der Waals surface area (Å²) in [4.78, 5) is 20.0. The van der Waals surface area contributed by atoms with Crippen LogP contribution in [0, 0.1) is 0 Å². The van der Waals surface area contributed by atoms with Crippen molar-refractivity contribution in [2.75, 3.05) is 18.4 Å². The maximum absolute atomic E-state index is 13.0. The molecule has 31 heavy (non-hydrogen) atoms. The number of fused-ring (bicyclic) bond motifs is 2. The van der Waals surface area contributed by atoms with Gasteiger partial charge in [-0.25, -0.2) is 4.98 Å². The highest BCUT2D eigenvalue weighted by atomic mass is 35.5. The second kappa shape index (κ2) is 8.46. The number of amides is 1. The molecule has 0 bridgehead atoms. The summed E-state index contributed by atoms with van der Waals surface area (Å²) in [6, 6.07) is 17.5. The van der Waals surface area contributed by atoms with E-state index >= 15 is 0 Å². The second-order valence-corrected chi connectivity index (χ2v) is 8.70. The number of hydrogen-bond donors (Lipinski definition) is 1. The number of nitrogens with one attached hydrogen (secondary N) is 1. The zero-order chi connectivity index (χ0) is 21.3. The first-order valence-electron chi connectivity index (χ1n) is 10.6. The van der Waals surface area contributed by atoms with Crippen LogP contribution in [0.5, 0.6) is 0 Å². The van der Waals surface area contributed by atoms with Crippen molar-refractivity contribution in [2.45, 2.75) is 37.6 Å². The van der Waals surface area contributed by atoms with Crippen LogP contribution >= 0.6 is 11.6 Å². The minimum atomic E-state index is -0.554. The van der Waals surface area contributed by atoms with Crippen LogP contribution < -0.4 is 5.32 Å². The minimum Gasteiger partial charge on any atom is -0.352 e. The van der Waals surface area contributed by atoms with Crippen molar-refractivity contribution >= 4 is 23.2 Å². The van der Waals surface area contributed by atoms with Crippen molar-refractivity contribution < 1.29 is 9.53 Å². The first-order valence-corrected chi connectivity index (χ1v) is 11.0. The molecule has 1 saturated heterocycles. The van der Waals surface area contributed by atoms with Crippen LogP contribution in [-0.2, 0) is 28.2 Å². The van der Waals surface area contributed by atoms with Crippen LogP contribution in [0.1, 0.15) is 24.2 Å². The normalized spacial score (nSPS) is 20.4. The predicted molar refractivity (Wildman–Crippen MR) is 120 cm³/mol. The van der Waals surface area contributed by atoms with Crippen LogP contribution in [0.25, 0.3) is 0 Å². The van der Waals surface area contributed by atoms with E-state index in [1.54, 1.807) is 6.20 Å². The molecule has 0 saturated carbocycles. The Morgan fingerprint density at radius 1 is 1.16 bits per heavy atom. The van der Waals surface area contributed by atoms with Crippen molar-refractivity contribution in [1.29, 1.82) is 0 Å². The molecule has 1 fully saturated rings. The SMILES string of the molecule is O=C(Nc1ccccc1)C1Cn2ccnc2C2(CCN(Cc3cccc(Cl)c3)CC2)O1. The van der Waals surface area contributed by atoms with Gasteiger partial charge in [0, 0.05) is 42.7 Å². The third-order valence-electron chi connectivity index (χ3n) is 6.15. The number of aromatic nitrogens is 2. The first-order chi connectivity index (χ1) is 15.1. The largest absolute Gasteiger partial charge is 0.352 e. The highest BCUT2D eigenvalue weighted by molar-refractivity contribution is 6.30. The molecule has 5 rings (SSSR count). The average molecular weight is 437 g/mol. The quantitative estimate of drug-likeness (QED) is 0.669. The number of rotatable bonds is 4. The lowest BCUT2D eigenvalue weighted by atomic mass is 9.88. The van der Waals surface area contributed by atoms with Crippen LogP contribution in [0.4, 0.5) is 5.69 Å². The number of carbonyl (C=O) groups excluding carboxylic acids is 1. The van der Waals surface area contributed by atoms with Gasteiger partial charge in [0.1, 0.15) is 11.4 Å². The molecule has 1 aromatic heterocycles. The van der Waals surface area contributed by atoms with E-state index in [0.29, 0.717) is 6.54 Å². The predicted octanol–water partition coefficient (Wildman–Crippen LogP) is 4.07. The summed E-state index contributed by atoms with van der Waals surface area (Å²) in [5.74, 6) is 0.810. The third-order valence-corrected chi connectivity index (χ3v) is 6.38. The lowest BCUT2D eigenvalue weighted by molar-refractivity contribution is -0.170. The fraction of sp³-hybridized carbons (Fsp3) is 0.333. The van der Waals surface area contributed by atoms with Gasteiger partial charge in [0.15, 0.2) is 6.10 Å². The van der Waals surface area contributed by atoms with Crippen molar-refractivity contribution in [3.63, 3.8) is 0 Å². The molecule has 2 aliphatic heterocycles. The molecule has 7 heteroatoms. The van der Waals surface area contributed by atoms with E-state index in [1.807, 2.05) is 54.7 Å². The Morgan fingerprint density at radius 2 is 1.97 bits per heavy atom. The molecular weight excluding hydrogens is 412 g/mol. The fourth-order valence-corrected chi connectivity index (χ4v) is 4.80. The van der Waals surface area contributed by atoms with Crippen molar-refractivity contribution in [2.24, 2.45) is 0 Å². The molecular formula is C24H25ClN4O2. The Balaban J connectivity index is 1.30.